The number of carbonyl (C=O) groups excluding carboxylic acids is 1. The summed E-state index contributed by atoms with van der Waals surface area (Å²) in [5.74, 6) is -2.18. The molecule has 0 aromatic heterocycles. The zero-order valence-electron chi connectivity index (χ0n) is 9.17. The number of carbonyl (C=O) groups is 2. The van der Waals surface area contributed by atoms with Crippen LogP contribution in [-0.2, 0) is 0 Å². The zero-order chi connectivity index (χ0) is 13.7. The second kappa shape index (κ2) is 6.02. The maximum absolute atomic E-state index is 13.4. The normalized spacial score (nSPS) is 9.67. The van der Waals surface area contributed by atoms with Crippen molar-refractivity contribution in [2.24, 2.45) is 0 Å². The van der Waals surface area contributed by atoms with Crippen molar-refractivity contribution in [2.75, 3.05) is 11.9 Å². The number of benzene rings is 1. The summed E-state index contributed by atoms with van der Waals surface area (Å²) in [5, 5.41) is 13.4. The van der Waals surface area contributed by atoms with Gasteiger partial charge in [-0.3, -0.25) is 0 Å². The Bertz CT molecular complexity index is 505. The van der Waals surface area contributed by atoms with Crippen LogP contribution in [0, 0.1) is 5.82 Å². The first-order chi connectivity index (χ1) is 8.41. The van der Waals surface area contributed by atoms with Gasteiger partial charge in [-0.05, 0) is 12.1 Å². The Morgan fingerprint density at radius 1 is 1.44 bits per heavy atom. The molecule has 0 heterocycles. The number of carboxylic acids is 1. The van der Waals surface area contributed by atoms with Crippen molar-refractivity contribution in [3.05, 3.63) is 41.2 Å². The minimum Gasteiger partial charge on any atom is -0.478 e. The lowest BCUT2D eigenvalue weighted by Crippen LogP contribution is -2.30. The van der Waals surface area contributed by atoms with Crippen molar-refractivity contribution in [3.63, 3.8) is 0 Å². The molecule has 1 aromatic carbocycles. The minimum atomic E-state index is -1.34. The number of aromatic carboxylic acids is 1. The first-order valence-corrected chi connectivity index (χ1v) is 5.19. The summed E-state index contributed by atoms with van der Waals surface area (Å²) in [6.07, 6.45) is 0. The Labute approximate surface area is 107 Å². The van der Waals surface area contributed by atoms with E-state index in [-0.39, 0.29) is 17.1 Å². The lowest BCUT2D eigenvalue weighted by molar-refractivity contribution is 0.0697. The molecule has 0 aliphatic heterocycles. The number of hydrogen-bond acceptors (Lipinski definition) is 2. The maximum Gasteiger partial charge on any atom is 0.337 e. The highest BCUT2D eigenvalue weighted by Gasteiger charge is 2.16. The second-order valence-corrected chi connectivity index (χ2v) is 3.83. The smallest absolute Gasteiger partial charge is 0.337 e. The molecule has 0 fully saturated rings. The molecule has 2 amide bonds. The Kier molecular flexibility index (Phi) is 4.67. The van der Waals surface area contributed by atoms with E-state index in [2.05, 4.69) is 17.2 Å². The van der Waals surface area contributed by atoms with Gasteiger partial charge in [0, 0.05) is 5.03 Å². The topological polar surface area (TPSA) is 78.4 Å². The average Bonchev–Trinajstić information content (AvgIpc) is 2.28. The number of carboxylic acid groups (broad SMARTS) is 1. The molecule has 0 bridgehead atoms. The molecular weight excluding hydrogens is 263 g/mol. The number of nitrogens with one attached hydrogen (secondary N) is 2. The quantitative estimate of drug-likeness (QED) is 0.787. The van der Waals surface area contributed by atoms with Crippen LogP contribution in [0.1, 0.15) is 10.4 Å². The van der Waals surface area contributed by atoms with E-state index >= 15 is 0 Å². The van der Waals surface area contributed by atoms with E-state index < -0.39 is 23.5 Å². The molecule has 0 aliphatic carbocycles. The van der Waals surface area contributed by atoms with Crippen LogP contribution < -0.4 is 10.6 Å². The molecule has 7 heteroatoms. The number of para-hydroxylation sites is 1. The predicted molar refractivity (Wildman–Crippen MR) is 65.4 cm³/mol. The predicted octanol–water partition coefficient (Wildman–Crippen LogP) is 2.40. The first-order valence-electron chi connectivity index (χ1n) is 4.81. The van der Waals surface area contributed by atoms with Crippen molar-refractivity contribution < 1.29 is 19.1 Å². The van der Waals surface area contributed by atoms with Gasteiger partial charge >= 0.3 is 12.0 Å². The molecule has 0 saturated heterocycles. The van der Waals surface area contributed by atoms with Crippen molar-refractivity contribution in [3.8, 4) is 0 Å². The summed E-state index contributed by atoms with van der Waals surface area (Å²) >= 11 is 5.43. The molecule has 0 radical (unpaired) electrons. The summed E-state index contributed by atoms with van der Waals surface area (Å²) in [6.45, 7) is 3.34. The Morgan fingerprint density at radius 3 is 2.67 bits per heavy atom. The van der Waals surface area contributed by atoms with Gasteiger partial charge in [0.2, 0.25) is 0 Å². The molecule has 0 unspecified atom stereocenters. The summed E-state index contributed by atoms with van der Waals surface area (Å²) in [6, 6.07) is 2.69. The van der Waals surface area contributed by atoms with Gasteiger partial charge in [0.25, 0.3) is 0 Å². The van der Waals surface area contributed by atoms with E-state index in [1.54, 1.807) is 0 Å². The highest BCUT2D eigenvalue weighted by Crippen LogP contribution is 2.19. The molecule has 0 spiro atoms. The number of rotatable bonds is 4. The Balaban J connectivity index is 2.86. The standard InChI is InChI=1S/C11H10ClFN2O3/c1-6(12)5-14-11(18)15-9-7(10(16)17)3-2-4-8(9)13/h2-4H,1,5H2,(H,16,17)(H2,14,15,18). The first kappa shape index (κ1) is 14.0. The summed E-state index contributed by atoms with van der Waals surface area (Å²) in [4.78, 5) is 22.2. The van der Waals surface area contributed by atoms with Crippen LogP contribution in [0.5, 0.6) is 0 Å². The highest BCUT2D eigenvalue weighted by molar-refractivity contribution is 6.29. The van der Waals surface area contributed by atoms with Crippen LogP contribution in [-0.4, -0.2) is 23.7 Å². The third kappa shape index (κ3) is 3.74. The zero-order valence-corrected chi connectivity index (χ0v) is 9.92. The van der Waals surface area contributed by atoms with Gasteiger partial charge in [-0.25, -0.2) is 14.0 Å². The van der Waals surface area contributed by atoms with Gasteiger partial charge in [-0.15, -0.1) is 0 Å². The maximum atomic E-state index is 13.4. The fourth-order valence-electron chi connectivity index (χ4n) is 1.16. The fourth-order valence-corrected chi connectivity index (χ4v) is 1.23. The molecule has 0 atom stereocenters. The molecule has 96 valence electrons. The Hall–Kier alpha value is -2.08. The van der Waals surface area contributed by atoms with Crippen LogP contribution >= 0.6 is 11.6 Å². The largest absolute Gasteiger partial charge is 0.478 e. The molecule has 0 saturated carbocycles. The van der Waals surface area contributed by atoms with E-state index in [0.717, 1.165) is 6.07 Å². The van der Waals surface area contributed by atoms with E-state index in [0.29, 0.717) is 0 Å². The number of hydrogen-bond donors (Lipinski definition) is 3. The second-order valence-electron chi connectivity index (χ2n) is 3.29. The number of halogens is 2. The van der Waals surface area contributed by atoms with Gasteiger partial charge in [0.05, 0.1) is 17.8 Å². The van der Waals surface area contributed by atoms with Crippen molar-refractivity contribution >= 4 is 29.3 Å². The van der Waals surface area contributed by atoms with Crippen LogP contribution in [0.4, 0.5) is 14.9 Å². The van der Waals surface area contributed by atoms with Gasteiger partial charge in [0.1, 0.15) is 5.82 Å². The summed E-state index contributed by atoms with van der Waals surface area (Å²) in [5.41, 5.74) is -0.738. The summed E-state index contributed by atoms with van der Waals surface area (Å²) in [7, 11) is 0. The lowest BCUT2D eigenvalue weighted by Gasteiger charge is -2.10. The molecule has 0 aliphatic rings. The monoisotopic (exact) mass is 272 g/mol. The van der Waals surface area contributed by atoms with E-state index in [4.69, 9.17) is 16.7 Å². The lowest BCUT2D eigenvalue weighted by atomic mass is 10.1. The van der Waals surface area contributed by atoms with Crippen molar-refractivity contribution in [2.45, 2.75) is 0 Å². The summed E-state index contributed by atoms with van der Waals surface area (Å²) < 4.78 is 13.4. The van der Waals surface area contributed by atoms with Crippen molar-refractivity contribution in [1.29, 1.82) is 0 Å². The van der Waals surface area contributed by atoms with Crippen LogP contribution in [0.3, 0.4) is 0 Å². The van der Waals surface area contributed by atoms with Gasteiger partial charge in [-0.2, -0.15) is 0 Å². The number of amides is 2. The SMILES string of the molecule is C=C(Cl)CNC(=O)Nc1c(F)cccc1C(=O)O. The van der Waals surface area contributed by atoms with Gasteiger partial charge < -0.3 is 15.7 Å². The Morgan fingerprint density at radius 2 is 2.11 bits per heavy atom. The van der Waals surface area contributed by atoms with Crippen molar-refractivity contribution in [1.82, 2.24) is 5.32 Å². The van der Waals surface area contributed by atoms with E-state index in [1.807, 2.05) is 0 Å². The third-order valence-electron chi connectivity index (χ3n) is 1.92. The molecule has 5 nitrogen and oxygen atoms in total. The fraction of sp³-hybridized carbons (Fsp3) is 0.0909. The van der Waals surface area contributed by atoms with Crippen LogP contribution in [0.25, 0.3) is 0 Å². The van der Waals surface area contributed by atoms with E-state index in [9.17, 15) is 14.0 Å². The third-order valence-corrected chi connectivity index (χ3v) is 2.06. The highest BCUT2D eigenvalue weighted by atomic mass is 35.5. The minimum absolute atomic E-state index is 0.00968. The van der Waals surface area contributed by atoms with Gasteiger partial charge in [0.15, 0.2) is 0 Å². The molecule has 1 rings (SSSR count). The average molecular weight is 273 g/mol. The van der Waals surface area contributed by atoms with Crippen LogP contribution in [0.2, 0.25) is 0 Å². The van der Waals surface area contributed by atoms with Gasteiger partial charge in [-0.1, -0.05) is 24.2 Å². The van der Waals surface area contributed by atoms with Crippen LogP contribution in [0.15, 0.2) is 29.8 Å². The van der Waals surface area contributed by atoms with E-state index in [1.165, 1.54) is 12.1 Å². The molecule has 3 N–H and O–H groups in total. The molecule has 1 aromatic rings. The number of urea groups is 1. The molecular formula is C11H10ClFN2O3. The molecule has 18 heavy (non-hydrogen) atoms. The number of anilines is 1.